The minimum absolute atomic E-state index is 0.226. The number of rotatable bonds is 2. The van der Waals surface area contributed by atoms with Crippen LogP contribution in [0.5, 0.6) is 0 Å². The van der Waals surface area contributed by atoms with E-state index in [1.807, 2.05) is 0 Å². The summed E-state index contributed by atoms with van der Waals surface area (Å²) in [5.41, 5.74) is 0. The molecule has 0 spiro atoms. The fourth-order valence-corrected chi connectivity index (χ4v) is 2.30. The fraction of sp³-hybridized carbons (Fsp3) is 0. The maximum atomic E-state index is 5.64. The van der Waals surface area contributed by atoms with Gasteiger partial charge in [-0.05, 0) is 16.4 Å². The second kappa shape index (κ2) is 4.71. The third-order valence-electron chi connectivity index (χ3n) is 0.815. The molecule has 12 heavy (non-hydrogen) atoms. The molecule has 0 aromatic carbocycles. The second-order valence-corrected chi connectivity index (χ2v) is 4.15. The van der Waals surface area contributed by atoms with E-state index in [1.165, 1.54) is 27.0 Å². The molecule has 1 rings (SSSR count). The Bertz CT molecular complexity index is 365. The highest BCUT2D eigenvalue weighted by Crippen LogP contribution is 2.04. The van der Waals surface area contributed by atoms with Crippen LogP contribution in [0.4, 0.5) is 0 Å². The van der Waals surface area contributed by atoms with Gasteiger partial charge in [0.25, 0.3) is 0 Å². The Morgan fingerprint density at radius 2 is 2.42 bits per heavy atom. The molecular weight excluding hydrogens is 237 g/mol. The lowest BCUT2D eigenvalue weighted by Crippen LogP contribution is -1.92. The van der Waals surface area contributed by atoms with Gasteiger partial charge < -0.3 is 0 Å². The van der Waals surface area contributed by atoms with E-state index >= 15 is 0 Å². The molecule has 64 valence electrons. The predicted molar refractivity (Wildman–Crippen MR) is 54.0 cm³/mol. The van der Waals surface area contributed by atoms with Crippen molar-refractivity contribution in [1.29, 1.82) is 0 Å². The van der Waals surface area contributed by atoms with Gasteiger partial charge in [-0.25, -0.2) is 0 Å². The van der Waals surface area contributed by atoms with Crippen molar-refractivity contribution in [1.82, 2.24) is 4.37 Å². The van der Waals surface area contributed by atoms with Crippen molar-refractivity contribution in [2.45, 2.75) is 0 Å². The number of hydrogen-bond acceptors (Lipinski definition) is 5. The van der Waals surface area contributed by atoms with Gasteiger partial charge in [-0.2, -0.15) is 4.37 Å². The average molecular weight is 240 g/mol. The van der Waals surface area contributed by atoms with E-state index in [1.54, 1.807) is 0 Å². The van der Waals surface area contributed by atoms with Crippen LogP contribution in [0.2, 0.25) is 5.15 Å². The normalized spacial score (nSPS) is 13.5. The molecule has 0 aliphatic rings. The van der Waals surface area contributed by atoms with Gasteiger partial charge in [-0.1, -0.05) is 29.8 Å². The Labute approximate surface area is 86.2 Å². The summed E-state index contributed by atoms with van der Waals surface area (Å²) in [6.07, 6.45) is 1.39. The molecule has 0 fully saturated rings. The minimum atomic E-state index is 0.226. The van der Waals surface area contributed by atoms with Crippen LogP contribution in [0, 0.1) is 0 Å². The van der Waals surface area contributed by atoms with Crippen molar-refractivity contribution < 1.29 is 0 Å². The molecule has 0 saturated carbocycles. The van der Waals surface area contributed by atoms with E-state index in [0.717, 1.165) is 0 Å². The van der Waals surface area contributed by atoms with Gasteiger partial charge in [0.2, 0.25) is 0 Å². The van der Waals surface area contributed by atoms with E-state index in [4.69, 9.17) is 23.2 Å². The molecule has 0 aliphatic heterocycles. The predicted octanol–water partition coefficient (Wildman–Crippen LogP) is 2.50. The number of halogens is 2. The largest absolute Gasteiger partial charge is 0.188 e. The third kappa shape index (κ3) is 2.67. The molecule has 0 atom stereocenters. The van der Waals surface area contributed by atoms with Crippen molar-refractivity contribution in [3.05, 3.63) is 22.5 Å². The zero-order valence-corrected chi connectivity index (χ0v) is 8.84. The summed E-state index contributed by atoms with van der Waals surface area (Å²) < 4.78 is 4.37. The van der Waals surface area contributed by atoms with E-state index < -0.39 is 0 Å². The summed E-state index contributed by atoms with van der Waals surface area (Å²) in [5, 5.41) is 7.96. The summed E-state index contributed by atoms with van der Waals surface area (Å²) >= 11 is 11.2. The zero-order valence-electron chi connectivity index (χ0n) is 5.70. The van der Waals surface area contributed by atoms with Crippen molar-refractivity contribution in [2.24, 2.45) is 10.2 Å². The van der Waals surface area contributed by atoms with Crippen LogP contribution in [0.1, 0.15) is 0 Å². The summed E-state index contributed by atoms with van der Waals surface area (Å²) in [7, 11) is 2.59. The Morgan fingerprint density at radius 3 is 2.92 bits per heavy atom. The maximum Gasteiger partial charge on any atom is 0.188 e. The Kier molecular flexibility index (Phi) is 3.87. The van der Waals surface area contributed by atoms with Crippen LogP contribution >= 0.6 is 44.1 Å². The first-order valence-corrected chi connectivity index (χ1v) is 5.61. The lowest BCUT2D eigenvalue weighted by atomic mass is 10.7. The number of aromatic nitrogens is 1. The van der Waals surface area contributed by atoms with E-state index in [0.29, 0.717) is 9.82 Å². The van der Waals surface area contributed by atoms with Crippen LogP contribution in [-0.2, 0) is 0 Å². The zero-order chi connectivity index (χ0) is 8.97. The molecule has 0 N–H and O–H groups in total. The highest BCUT2D eigenvalue weighted by Gasteiger charge is 1.94. The fourth-order valence-electron chi connectivity index (χ4n) is 0.352. The Morgan fingerprint density at radius 1 is 1.67 bits per heavy atom. The van der Waals surface area contributed by atoms with Gasteiger partial charge in [0.05, 0.1) is 0 Å². The smallest absolute Gasteiger partial charge is 0.167 e. The lowest BCUT2D eigenvalue weighted by Gasteiger charge is -1.79. The topological polar surface area (TPSA) is 37.6 Å². The van der Waals surface area contributed by atoms with Crippen LogP contribution in [0.15, 0.2) is 22.9 Å². The van der Waals surface area contributed by atoms with Crippen LogP contribution in [-0.4, -0.2) is 9.54 Å². The molecule has 1 heterocycles. The van der Waals surface area contributed by atoms with E-state index in [9.17, 15) is 0 Å². The first kappa shape index (κ1) is 9.85. The minimum Gasteiger partial charge on any atom is -0.167 e. The third-order valence-corrected chi connectivity index (χ3v) is 3.21. The molecule has 0 radical (unpaired) electrons. The Hall–Kier alpha value is -0.230. The maximum absolute atomic E-state index is 5.64. The first-order valence-electron chi connectivity index (χ1n) is 2.75. The molecule has 0 unspecified atom stereocenters. The van der Waals surface area contributed by atoms with Crippen LogP contribution in [0.25, 0.3) is 0 Å². The monoisotopic (exact) mass is 239 g/mol. The molecule has 0 aliphatic carbocycles. The number of nitrogens with zero attached hydrogens (tertiary/aromatic N) is 3. The number of allylic oxidation sites excluding steroid dienone is 1. The molecule has 1 aromatic heterocycles. The summed E-state index contributed by atoms with van der Waals surface area (Å²) in [6.45, 7) is 3.42. The summed E-state index contributed by atoms with van der Waals surface area (Å²) in [6, 6.07) is 0. The quantitative estimate of drug-likeness (QED) is 0.444. The highest BCUT2D eigenvalue weighted by molar-refractivity contribution is 7.66. The Balaban J connectivity index is 2.99. The highest BCUT2D eigenvalue weighted by atomic mass is 35.5. The van der Waals surface area contributed by atoms with Crippen molar-refractivity contribution in [3.8, 4) is 0 Å². The van der Waals surface area contributed by atoms with Gasteiger partial charge in [0.15, 0.2) is 15.0 Å². The van der Waals surface area contributed by atoms with Gasteiger partial charge in [-0.3, -0.25) is 0 Å². The van der Waals surface area contributed by atoms with E-state index in [-0.39, 0.29) is 5.17 Å². The first-order chi connectivity index (χ1) is 5.74. The van der Waals surface area contributed by atoms with Crippen LogP contribution in [0.3, 0.4) is 0 Å². The van der Waals surface area contributed by atoms with Crippen molar-refractivity contribution in [2.75, 3.05) is 0 Å². The van der Waals surface area contributed by atoms with Gasteiger partial charge in [0.1, 0.15) is 0 Å². The van der Waals surface area contributed by atoms with E-state index in [2.05, 4.69) is 21.2 Å². The number of hydrogen-bond donors (Lipinski definition) is 0. The molecule has 3 nitrogen and oxygen atoms in total. The molecule has 0 amide bonds. The van der Waals surface area contributed by atoms with Gasteiger partial charge in [0, 0.05) is 10.5 Å². The van der Waals surface area contributed by atoms with Crippen molar-refractivity contribution >= 4 is 49.2 Å². The van der Waals surface area contributed by atoms with Crippen molar-refractivity contribution in [3.63, 3.8) is 0 Å². The standard InChI is InChI=1S/C5H3Cl2N3S2/c1-2-3(6)8-9-5-4(7)10-12-11-5/h2H,1H2/b8-3-,9-5-. The van der Waals surface area contributed by atoms with Gasteiger partial charge in [-0.15, -0.1) is 10.2 Å². The molecule has 0 bridgehead atoms. The average Bonchev–Trinajstić information content (AvgIpc) is 2.47. The molecule has 0 saturated heterocycles. The lowest BCUT2D eigenvalue weighted by molar-refractivity contribution is 1.17. The van der Waals surface area contributed by atoms with Crippen LogP contribution < -0.4 is 4.67 Å². The molecular formula is C5H3Cl2N3S2. The summed E-state index contributed by atoms with van der Waals surface area (Å²) in [5.74, 6) is 0. The molecule has 1 aromatic rings. The summed E-state index contributed by atoms with van der Waals surface area (Å²) in [4.78, 5) is 0. The SMILES string of the molecule is C=C/C(Cl)=N/N=c1\ssnc1Cl. The second-order valence-electron chi connectivity index (χ2n) is 1.57. The van der Waals surface area contributed by atoms with Gasteiger partial charge >= 0.3 is 0 Å². The molecule has 7 heteroatoms.